The highest BCUT2D eigenvalue weighted by Gasteiger charge is 2.03. The van der Waals surface area contributed by atoms with Crippen molar-refractivity contribution in [3.8, 4) is 23.0 Å². The number of ether oxygens (including phenoxy) is 2. The summed E-state index contributed by atoms with van der Waals surface area (Å²) in [6.07, 6.45) is 0. The summed E-state index contributed by atoms with van der Waals surface area (Å²) in [5.74, 6) is 2.69. The smallest absolute Gasteiger partial charge is 0.159 e. The quantitative estimate of drug-likeness (QED) is 0.539. The zero-order valence-electron chi connectivity index (χ0n) is 14.6. The Morgan fingerprint density at radius 1 is 0.500 bits per heavy atom. The van der Waals surface area contributed by atoms with E-state index in [9.17, 15) is 9.59 Å². The van der Waals surface area contributed by atoms with Crippen LogP contribution < -0.4 is 9.47 Å². The van der Waals surface area contributed by atoms with Crippen molar-refractivity contribution in [2.24, 2.45) is 0 Å². The van der Waals surface area contributed by atoms with E-state index >= 15 is 0 Å². The molecule has 0 amide bonds. The molecule has 0 heterocycles. The lowest BCUT2D eigenvalue weighted by Crippen LogP contribution is -1.92. The first-order valence-corrected chi connectivity index (χ1v) is 8.19. The van der Waals surface area contributed by atoms with Gasteiger partial charge in [-0.2, -0.15) is 0 Å². The van der Waals surface area contributed by atoms with E-state index in [1.54, 1.807) is 72.8 Å². The van der Waals surface area contributed by atoms with E-state index in [1.807, 2.05) is 0 Å². The third-order valence-corrected chi connectivity index (χ3v) is 3.82. The summed E-state index contributed by atoms with van der Waals surface area (Å²) >= 11 is 0. The zero-order chi connectivity index (χ0) is 18.5. The minimum atomic E-state index is 0.0226. The number of Topliss-reactive ketones (excluding diaryl/α,β-unsaturated/α-hetero) is 2. The van der Waals surface area contributed by atoms with Crippen LogP contribution in [0.4, 0.5) is 0 Å². The number of carbonyl (C=O) groups excluding carboxylic acids is 2. The molecule has 0 saturated heterocycles. The van der Waals surface area contributed by atoms with Gasteiger partial charge in [-0.05, 0) is 86.6 Å². The van der Waals surface area contributed by atoms with Crippen LogP contribution in [-0.4, -0.2) is 11.6 Å². The molecule has 0 aliphatic carbocycles. The number of carbonyl (C=O) groups is 2. The van der Waals surface area contributed by atoms with Crippen LogP contribution in [0.1, 0.15) is 34.6 Å². The largest absolute Gasteiger partial charge is 0.457 e. The van der Waals surface area contributed by atoms with Crippen molar-refractivity contribution in [3.05, 3.63) is 83.9 Å². The highest BCUT2D eigenvalue weighted by atomic mass is 16.5. The van der Waals surface area contributed by atoms with E-state index < -0.39 is 0 Å². The molecule has 4 heteroatoms. The Bertz CT molecular complexity index is 829. The molecule has 0 radical (unpaired) electrons. The third-order valence-electron chi connectivity index (χ3n) is 3.82. The lowest BCUT2D eigenvalue weighted by molar-refractivity contribution is 0.100. The van der Waals surface area contributed by atoms with E-state index in [-0.39, 0.29) is 11.6 Å². The van der Waals surface area contributed by atoms with Crippen LogP contribution in [0.3, 0.4) is 0 Å². The monoisotopic (exact) mass is 346 g/mol. The van der Waals surface area contributed by atoms with E-state index in [2.05, 4.69) is 0 Å². The standard InChI is InChI=1S/C22H18O4/c1-15(23)17-3-7-19(8-4-17)25-21-11-13-22(14-12-21)26-20-9-5-18(6-10-20)16(2)24/h3-14H,1-2H3. The molecular weight excluding hydrogens is 328 g/mol. The molecule has 0 saturated carbocycles. The Hall–Kier alpha value is -3.40. The van der Waals surface area contributed by atoms with Crippen LogP contribution in [0.2, 0.25) is 0 Å². The van der Waals surface area contributed by atoms with Crippen molar-refractivity contribution in [1.29, 1.82) is 0 Å². The van der Waals surface area contributed by atoms with Crippen molar-refractivity contribution >= 4 is 11.6 Å². The van der Waals surface area contributed by atoms with Gasteiger partial charge < -0.3 is 9.47 Å². The second kappa shape index (κ2) is 7.66. The fourth-order valence-corrected chi connectivity index (χ4v) is 2.36. The van der Waals surface area contributed by atoms with Crippen LogP contribution in [0, 0.1) is 0 Å². The maximum atomic E-state index is 11.3. The summed E-state index contributed by atoms with van der Waals surface area (Å²) in [7, 11) is 0. The van der Waals surface area contributed by atoms with Gasteiger partial charge in [-0.15, -0.1) is 0 Å². The normalized spacial score (nSPS) is 10.2. The fraction of sp³-hybridized carbons (Fsp3) is 0.0909. The third kappa shape index (κ3) is 4.36. The first-order valence-electron chi connectivity index (χ1n) is 8.19. The predicted octanol–water partition coefficient (Wildman–Crippen LogP) is 5.68. The van der Waals surface area contributed by atoms with Crippen LogP contribution >= 0.6 is 0 Å². The molecule has 0 aliphatic rings. The van der Waals surface area contributed by atoms with Gasteiger partial charge in [0.1, 0.15) is 23.0 Å². The van der Waals surface area contributed by atoms with Gasteiger partial charge >= 0.3 is 0 Å². The molecule has 0 aliphatic heterocycles. The Morgan fingerprint density at radius 2 is 0.731 bits per heavy atom. The van der Waals surface area contributed by atoms with E-state index in [4.69, 9.17) is 9.47 Å². The maximum absolute atomic E-state index is 11.3. The number of benzene rings is 3. The summed E-state index contributed by atoms with van der Waals surface area (Å²) in [6, 6.07) is 21.2. The molecule has 3 rings (SSSR count). The molecule has 3 aromatic carbocycles. The second-order valence-corrected chi connectivity index (χ2v) is 5.84. The van der Waals surface area contributed by atoms with E-state index in [1.165, 1.54) is 13.8 Å². The van der Waals surface area contributed by atoms with Crippen molar-refractivity contribution in [2.75, 3.05) is 0 Å². The van der Waals surface area contributed by atoms with Gasteiger partial charge in [0.05, 0.1) is 0 Å². The molecule has 0 N–H and O–H groups in total. The average Bonchev–Trinajstić information content (AvgIpc) is 2.64. The van der Waals surface area contributed by atoms with Crippen molar-refractivity contribution in [1.82, 2.24) is 0 Å². The Kier molecular flexibility index (Phi) is 5.13. The minimum Gasteiger partial charge on any atom is -0.457 e. The van der Waals surface area contributed by atoms with Gasteiger partial charge in [0.15, 0.2) is 11.6 Å². The first kappa shape index (κ1) is 17.4. The van der Waals surface area contributed by atoms with Crippen LogP contribution in [0.5, 0.6) is 23.0 Å². The lowest BCUT2D eigenvalue weighted by Gasteiger charge is -2.09. The molecule has 130 valence electrons. The number of rotatable bonds is 6. The summed E-state index contributed by atoms with van der Waals surface area (Å²) in [5.41, 5.74) is 1.30. The first-order chi connectivity index (χ1) is 12.5. The second-order valence-electron chi connectivity index (χ2n) is 5.84. The predicted molar refractivity (Wildman–Crippen MR) is 99.5 cm³/mol. The maximum Gasteiger partial charge on any atom is 0.159 e. The van der Waals surface area contributed by atoms with Gasteiger partial charge in [0.2, 0.25) is 0 Å². The average molecular weight is 346 g/mol. The summed E-state index contributed by atoms with van der Waals surface area (Å²) in [4.78, 5) is 22.6. The molecule has 0 atom stereocenters. The fourth-order valence-electron chi connectivity index (χ4n) is 2.36. The Morgan fingerprint density at radius 3 is 0.962 bits per heavy atom. The summed E-state index contributed by atoms with van der Waals surface area (Å²) < 4.78 is 11.5. The van der Waals surface area contributed by atoms with Crippen LogP contribution in [-0.2, 0) is 0 Å². The van der Waals surface area contributed by atoms with Gasteiger partial charge in [0, 0.05) is 11.1 Å². The molecule has 0 spiro atoms. The minimum absolute atomic E-state index is 0.0226. The number of hydrogen-bond acceptors (Lipinski definition) is 4. The molecule has 0 fully saturated rings. The van der Waals surface area contributed by atoms with Gasteiger partial charge in [-0.3, -0.25) is 9.59 Å². The van der Waals surface area contributed by atoms with Crippen LogP contribution in [0.25, 0.3) is 0 Å². The lowest BCUT2D eigenvalue weighted by atomic mass is 10.1. The highest BCUT2D eigenvalue weighted by molar-refractivity contribution is 5.94. The molecule has 0 aromatic heterocycles. The van der Waals surface area contributed by atoms with Gasteiger partial charge in [-0.1, -0.05) is 0 Å². The summed E-state index contributed by atoms with van der Waals surface area (Å²) in [5, 5.41) is 0. The van der Waals surface area contributed by atoms with Gasteiger partial charge in [-0.25, -0.2) is 0 Å². The number of hydrogen-bond donors (Lipinski definition) is 0. The molecule has 0 unspecified atom stereocenters. The van der Waals surface area contributed by atoms with Crippen molar-refractivity contribution < 1.29 is 19.1 Å². The molecule has 3 aromatic rings. The van der Waals surface area contributed by atoms with Crippen molar-refractivity contribution in [2.45, 2.75) is 13.8 Å². The van der Waals surface area contributed by atoms with Crippen LogP contribution in [0.15, 0.2) is 72.8 Å². The zero-order valence-corrected chi connectivity index (χ0v) is 14.6. The summed E-state index contributed by atoms with van der Waals surface area (Å²) in [6.45, 7) is 3.06. The van der Waals surface area contributed by atoms with Crippen molar-refractivity contribution in [3.63, 3.8) is 0 Å². The molecule has 26 heavy (non-hydrogen) atoms. The van der Waals surface area contributed by atoms with Gasteiger partial charge in [0.25, 0.3) is 0 Å². The topological polar surface area (TPSA) is 52.6 Å². The highest BCUT2D eigenvalue weighted by Crippen LogP contribution is 2.27. The van der Waals surface area contributed by atoms with E-state index in [0.29, 0.717) is 34.1 Å². The number of ketones is 2. The molecular formula is C22H18O4. The van der Waals surface area contributed by atoms with E-state index in [0.717, 1.165) is 0 Å². The SMILES string of the molecule is CC(=O)c1ccc(Oc2ccc(Oc3ccc(C(C)=O)cc3)cc2)cc1. The molecule has 0 bridgehead atoms. The Balaban J connectivity index is 1.64. The Labute approximate surface area is 152 Å². The molecule has 4 nitrogen and oxygen atoms in total.